The molecule has 1 heterocycles. The van der Waals surface area contributed by atoms with E-state index in [1.807, 2.05) is 50.2 Å². The Morgan fingerprint density at radius 1 is 0.973 bits per heavy atom. The number of halogens is 3. The monoisotopic (exact) mass is 513 g/mol. The number of benzene rings is 3. The molecule has 0 unspecified atom stereocenters. The molecule has 0 spiro atoms. The summed E-state index contributed by atoms with van der Waals surface area (Å²) >= 11 is 0. The van der Waals surface area contributed by atoms with Gasteiger partial charge in [0.2, 0.25) is 0 Å². The number of hydrogen-bond donors (Lipinski definition) is 0. The zero-order valence-electron chi connectivity index (χ0n) is 21.3. The number of amides is 1. The topological polar surface area (TPSA) is 48.0 Å². The quantitative estimate of drug-likeness (QED) is 0.326. The van der Waals surface area contributed by atoms with Gasteiger partial charge in [-0.1, -0.05) is 44.2 Å². The highest BCUT2D eigenvalue weighted by molar-refractivity contribution is 5.76. The second-order valence-electron chi connectivity index (χ2n) is 9.31. The molecule has 1 aliphatic heterocycles. The predicted octanol–water partition coefficient (Wildman–Crippen LogP) is 7.60. The van der Waals surface area contributed by atoms with Gasteiger partial charge in [0.25, 0.3) is 0 Å². The number of nitrogens with zero attached hydrogens (tertiary/aromatic N) is 1. The number of methoxy groups -OCH3 is 2. The van der Waals surface area contributed by atoms with Crippen molar-refractivity contribution in [3.63, 3.8) is 0 Å². The third-order valence-corrected chi connectivity index (χ3v) is 6.62. The van der Waals surface area contributed by atoms with Crippen molar-refractivity contribution < 1.29 is 32.2 Å². The first-order valence-corrected chi connectivity index (χ1v) is 12.1. The lowest BCUT2D eigenvalue weighted by Gasteiger charge is -2.33. The Morgan fingerprint density at radius 2 is 1.70 bits per heavy atom. The Hall–Kier alpha value is -3.68. The molecule has 0 saturated carbocycles. The molecule has 1 amide bonds. The molecule has 4 rings (SSSR count). The van der Waals surface area contributed by atoms with Crippen molar-refractivity contribution >= 4 is 6.09 Å². The van der Waals surface area contributed by atoms with Gasteiger partial charge in [-0.05, 0) is 52.9 Å². The molecule has 1 saturated heterocycles. The highest BCUT2D eigenvalue weighted by Gasteiger charge is 2.33. The molecular formula is C29H30F3NO4. The SMILES string of the molecule is COc1ccc(C(C)C)cc1-c1ccc(C(F)(F)F)cc1CN1CC[C@@H](c2ccccc2OC)OC1=O. The van der Waals surface area contributed by atoms with Gasteiger partial charge < -0.3 is 19.1 Å². The molecule has 0 aliphatic carbocycles. The van der Waals surface area contributed by atoms with E-state index < -0.39 is 23.9 Å². The van der Waals surface area contributed by atoms with E-state index in [4.69, 9.17) is 14.2 Å². The number of rotatable bonds is 7. The molecular weight excluding hydrogens is 483 g/mol. The van der Waals surface area contributed by atoms with Crippen LogP contribution in [0.2, 0.25) is 0 Å². The van der Waals surface area contributed by atoms with Gasteiger partial charge in [0.05, 0.1) is 19.8 Å². The smallest absolute Gasteiger partial charge is 0.416 e. The first-order valence-electron chi connectivity index (χ1n) is 12.1. The summed E-state index contributed by atoms with van der Waals surface area (Å²) in [5.74, 6) is 1.38. The van der Waals surface area contributed by atoms with E-state index in [0.29, 0.717) is 41.2 Å². The molecule has 196 valence electrons. The number of cyclic esters (lactones) is 1. The van der Waals surface area contributed by atoms with Gasteiger partial charge in [-0.2, -0.15) is 13.2 Å². The predicted molar refractivity (Wildman–Crippen MR) is 135 cm³/mol. The van der Waals surface area contributed by atoms with Crippen LogP contribution in [0.5, 0.6) is 11.5 Å². The van der Waals surface area contributed by atoms with E-state index >= 15 is 0 Å². The van der Waals surface area contributed by atoms with Crippen LogP contribution in [0.3, 0.4) is 0 Å². The number of carbonyl (C=O) groups excluding carboxylic acids is 1. The fraction of sp³-hybridized carbons (Fsp3) is 0.345. The van der Waals surface area contributed by atoms with Crippen LogP contribution in [-0.4, -0.2) is 31.8 Å². The Morgan fingerprint density at radius 3 is 2.35 bits per heavy atom. The average molecular weight is 514 g/mol. The van der Waals surface area contributed by atoms with E-state index in [0.717, 1.165) is 23.3 Å². The van der Waals surface area contributed by atoms with Gasteiger partial charge in [-0.15, -0.1) is 0 Å². The maximum atomic E-state index is 13.6. The first kappa shape index (κ1) is 26.4. The largest absolute Gasteiger partial charge is 0.496 e. The highest BCUT2D eigenvalue weighted by Crippen LogP contribution is 2.40. The maximum Gasteiger partial charge on any atom is 0.416 e. The molecule has 1 atom stereocenters. The second-order valence-corrected chi connectivity index (χ2v) is 9.31. The second kappa shape index (κ2) is 10.7. The number of ether oxygens (including phenoxy) is 3. The van der Waals surface area contributed by atoms with Crippen LogP contribution < -0.4 is 9.47 Å². The van der Waals surface area contributed by atoms with Gasteiger partial charge >= 0.3 is 12.3 Å². The van der Waals surface area contributed by atoms with Crippen LogP contribution in [0.25, 0.3) is 11.1 Å². The molecule has 3 aromatic rings. The lowest BCUT2D eigenvalue weighted by molar-refractivity contribution is -0.137. The maximum absolute atomic E-state index is 13.6. The minimum atomic E-state index is -4.52. The summed E-state index contributed by atoms with van der Waals surface area (Å²) in [5, 5.41) is 0. The van der Waals surface area contributed by atoms with Crippen molar-refractivity contribution in [3.8, 4) is 22.6 Å². The minimum absolute atomic E-state index is 0.0359. The van der Waals surface area contributed by atoms with Crippen molar-refractivity contribution in [3.05, 3.63) is 82.9 Å². The molecule has 5 nitrogen and oxygen atoms in total. The van der Waals surface area contributed by atoms with E-state index in [1.54, 1.807) is 13.2 Å². The van der Waals surface area contributed by atoms with E-state index in [9.17, 15) is 18.0 Å². The summed E-state index contributed by atoms with van der Waals surface area (Å²) in [4.78, 5) is 14.4. The van der Waals surface area contributed by atoms with Crippen LogP contribution in [-0.2, 0) is 17.5 Å². The normalized spacial score (nSPS) is 16.1. The van der Waals surface area contributed by atoms with Crippen molar-refractivity contribution in [2.45, 2.75) is 45.0 Å². The zero-order chi connectivity index (χ0) is 26.7. The summed E-state index contributed by atoms with van der Waals surface area (Å²) < 4.78 is 57.6. The molecule has 1 fully saturated rings. The number of hydrogen-bond acceptors (Lipinski definition) is 4. The van der Waals surface area contributed by atoms with Crippen LogP contribution in [0, 0.1) is 0 Å². The third-order valence-electron chi connectivity index (χ3n) is 6.62. The third kappa shape index (κ3) is 5.68. The van der Waals surface area contributed by atoms with Gasteiger partial charge in [-0.25, -0.2) is 4.79 Å². The Balaban J connectivity index is 1.68. The standard InChI is InChI=1S/C29H30F3NO4/c1-18(2)19-9-12-26(36-4)24(16-19)22-11-10-21(29(30,31)32)15-20(22)17-33-14-13-27(37-28(33)34)23-7-5-6-8-25(23)35-3/h5-12,15-16,18,27H,13-14,17H2,1-4H3/t27-/m0/s1. The van der Waals surface area contributed by atoms with Crippen LogP contribution in [0.4, 0.5) is 18.0 Å². The Kier molecular flexibility index (Phi) is 7.66. The Bertz CT molecular complexity index is 1270. The number of alkyl halides is 3. The molecule has 0 bridgehead atoms. The lowest BCUT2D eigenvalue weighted by Crippen LogP contribution is -2.38. The first-order chi connectivity index (χ1) is 17.6. The van der Waals surface area contributed by atoms with Crippen LogP contribution >= 0.6 is 0 Å². The highest BCUT2D eigenvalue weighted by atomic mass is 19.4. The van der Waals surface area contributed by atoms with Crippen molar-refractivity contribution in [1.29, 1.82) is 0 Å². The van der Waals surface area contributed by atoms with Gasteiger partial charge in [0.1, 0.15) is 17.6 Å². The van der Waals surface area contributed by atoms with E-state index in [1.165, 1.54) is 18.1 Å². The molecule has 0 radical (unpaired) electrons. The fourth-order valence-corrected chi connectivity index (χ4v) is 4.58. The Labute approximate surface area is 214 Å². The molecule has 37 heavy (non-hydrogen) atoms. The summed E-state index contributed by atoms with van der Waals surface area (Å²) in [6, 6.07) is 16.6. The lowest BCUT2D eigenvalue weighted by atomic mass is 9.92. The van der Waals surface area contributed by atoms with Crippen molar-refractivity contribution in [1.82, 2.24) is 4.90 Å². The summed E-state index contributed by atoms with van der Waals surface area (Å²) in [6.45, 7) is 4.37. The number of para-hydroxylation sites is 1. The number of carbonyl (C=O) groups is 1. The van der Waals surface area contributed by atoms with Crippen LogP contribution in [0.1, 0.15) is 54.5 Å². The van der Waals surface area contributed by atoms with Gasteiger partial charge in [0.15, 0.2) is 0 Å². The molecule has 8 heteroatoms. The van der Waals surface area contributed by atoms with Crippen molar-refractivity contribution in [2.75, 3.05) is 20.8 Å². The van der Waals surface area contributed by atoms with E-state index in [2.05, 4.69) is 0 Å². The van der Waals surface area contributed by atoms with Crippen LogP contribution in [0.15, 0.2) is 60.7 Å². The fourth-order valence-electron chi connectivity index (χ4n) is 4.58. The van der Waals surface area contributed by atoms with Gasteiger partial charge in [-0.3, -0.25) is 0 Å². The molecule has 0 aromatic heterocycles. The van der Waals surface area contributed by atoms with E-state index in [-0.39, 0.29) is 12.5 Å². The summed E-state index contributed by atoms with van der Waals surface area (Å²) in [7, 11) is 3.07. The minimum Gasteiger partial charge on any atom is -0.496 e. The summed E-state index contributed by atoms with van der Waals surface area (Å²) in [5.41, 5.74) is 2.62. The van der Waals surface area contributed by atoms with Gasteiger partial charge in [0, 0.05) is 30.6 Å². The zero-order valence-corrected chi connectivity index (χ0v) is 21.3. The summed E-state index contributed by atoms with van der Waals surface area (Å²) in [6.07, 6.45) is -5.13. The molecule has 0 N–H and O–H groups in total. The average Bonchev–Trinajstić information content (AvgIpc) is 2.88. The molecule has 3 aromatic carbocycles. The molecule has 1 aliphatic rings. The van der Waals surface area contributed by atoms with Crippen molar-refractivity contribution in [2.24, 2.45) is 0 Å².